The summed E-state index contributed by atoms with van der Waals surface area (Å²) < 4.78 is 11.9. The van der Waals surface area contributed by atoms with E-state index in [0.29, 0.717) is 33.7 Å². The van der Waals surface area contributed by atoms with Crippen LogP contribution < -0.4 is 20.1 Å². The molecule has 0 atom stereocenters. The van der Waals surface area contributed by atoms with Gasteiger partial charge in [0.1, 0.15) is 22.9 Å². The van der Waals surface area contributed by atoms with Gasteiger partial charge in [0.15, 0.2) is 11.5 Å². The van der Waals surface area contributed by atoms with Crippen LogP contribution in [-0.2, 0) is 4.79 Å². The van der Waals surface area contributed by atoms with Crippen molar-refractivity contribution in [3.05, 3.63) is 48.5 Å². The fourth-order valence-corrected chi connectivity index (χ4v) is 3.47. The molecular formula is C21H22N6O4S. The van der Waals surface area contributed by atoms with Crippen LogP contribution in [0, 0.1) is 0 Å². The van der Waals surface area contributed by atoms with Crippen molar-refractivity contribution in [2.75, 3.05) is 25.3 Å². The summed E-state index contributed by atoms with van der Waals surface area (Å²) >= 11 is 1.26. The van der Waals surface area contributed by atoms with Gasteiger partial charge < -0.3 is 20.1 Å². The number of amides is 2. The maximum absolute atomic E-state index is 12.4. The number of methoxy groups -OCH3 is 2. The molecule has 10 nitrogen and oxygen atoms in total. The predicted molar refractivity (Wildman–Crippen MR) is 119 cm³/mol. The topological polar surface area (TPSA) is 120 Å². The number of thioether (sulfide) groups is 1. The Morgan fingerprint density at radius 1 is 1.12 bits per heavy atom. The molecule has 1 aromatic carbocycles. The number of carbonyl (C=O) groups is 2. The molecule has 3 aromatic rings. The van der Waals surface area contributed by atoms with Crippen LogP contribution in [0.3, 0.4) is 0 Å². The number of hydrogen-bond donors (Lipinski definition) is 2. The Hall–Kier alpha value is -3.60. The lowest BCUT2D eigenvalue weighted by molar-refractivity contribution is -0.113. The molecule has 2 amide bonds. The molecule has 0 unspecified atom stereocenters. The Bertz CT molecular complexity index is 1110. The first-order valence-electron chi connectivity index (χ1n) is 9.88. The zero-order chi connectivity index (χ0) is 22.5. The molecule has 1 aliphatic carbocycles. The lowest BCUT2D eigenvalue weighted by Crippen LogP contribution is -2.25. The number of hydrogen-bond acceptors (Lipinski definition) is 8. The van der Waals surface area contributed by atoms with Crippen molar-refractivity contribution in [3.8, 4) is 17.3 Å². The summed E-state index contributed by atoms with van der Waals surface area (Å²) in [7, 11) is 3.09. The van der Waals surface area contributed by atoms with E-state index in [1.54, 1.807) is 50.7 Å². The maximum Gasteiger partial charge on any atom is 0.272 e. The van der Waals surface area contributed by atoms with E-state index in [9.17, 15) is 9.59 Å². The van der Waals surface area contributed by atoms with Gasteiger partial charge in [-0.25, -0.2) is 14.6 Å². The minimum atomic E-state index is -0.205. The fraction of sp³-hybridized carbons (Fsp3) is 0.286. The quantitative estimate of drug-likeness (QED) is 0.373. The summed E-state index contributed by atoms with van der Waals surface area (Å²) in [6.45, 7) is 0. The molecule has 11 heteroatoms. The number of ether oxygens (including phenoxy) is 2. The molecule has 0 radical (unpaired) electrons. The van der Waals surface area contributed by atoms with E-state index >= 15 is 0 Å². The van der Waals surface area contributed by atoms with Crippen molar-refractivity contribution in [1.29, 1.82) is 0 Å². The first kappa shape index (κ1) is 21.6. The van der Waals surface area contributed by atoms with Gasteiger partial charge >= 0.3 is 0 Å². The zero-order valence-corrected chi connectivity index (χ0v) is 18.4. The van der Waals surface area contributed by atoms with E-state index in [4.69, 9.17) is 9.47 Å². The van der Waals surface area contributed by atoms with Crippen LogP contribution in [0.1, 0.15) is 23.3 Å². The van der Waals surface area contributed by atoms with Crippen molar-refractivity contribution in [2.45, 2.75) is 23.9 Å². The molecule has 0 spiro atoms. The molecule has 2 heterocycles. The van der Waals surface area contributed by atoms with Crippen LogP contribution in [-0.4, -0.2) is 57.6 Å². The van der Waals surface area contributed by atoms with Crippen LogP contribution in [0.5, 0.6) is 11.5 Å². The van der Waals surface area contributed by atoms with Crippen molar-refractivity contribution < 1.29 is 19.1 Å². The van der Waals surface area contributed by atoms with Crippen molar-refractivity contribution in [1.82, 2.24) is 25.1 Å². The second kappa shape index (κ2) is 9.69. The van der Waals surface area contributed by atoms with Gasteiger partial charge in [-0.05, 0) is 18.9 Å². The third-order valence-corrected chi connectivity index (χ3v) is 5.51. The van der Waals surface area contributed by atoms with E-state index in [-0.39, 0.29) is 23.6 Å². The highest BCUT2D eigenvalue weighted by atomic mass is 32.2. The average molecular weight is 455 g/mol. The first-order chi connectivity index (χ1) is 15.5. The normalized spacial score (nSPS) is 12.8. The predicted octanol–water partition coefficient (Wildman–Crippen LogP) is 2.30. The van der Waals surface area contributed by atoms with Crippen LogP contribution in [0.2, 0.25) is 0 Å². The summed E-state index contributed by atoms with van der Waals surface area (Å²) in [6.07, 6.45) is 5.09. The van der Waals surface area contributed by atoms with Gasteiger partial charge in [0.05, 0.1) is 20.0 Å². The van der Waals surface area contributed by atoms with E-state index in [0.717, 1.165) is 12.8 Å². The Morgan fingerprint density at radius 2 is 1.88 bits per heavy atom. The third-order valence-electron chi connectivity index (χ3n) is 4.58. The third kappa shape index (κ3) is 5.55. The van der Waals surface area contributed by atoms with Gasteiger partial charge in [0, 0.05) is 42.2 Å². The Labute approximate surface area is 188 Å². The van der Waals surface area contributed by atoms with Gasteiger partial charge in [-0.15, -0.1) is 0 Å². The number of benzene rings is 1. The number of aromatic nitrogens is 4. The summed E-state index contributed by atoms with van der Waals surface area (Å²) in [4.78, 5) is 32.9. The van der Waals surface area contributed by atoms with Crippen LogP contribution >= 0.6 is 11.8 Å². The monoisotopic (exact) mass is 454 g/mol. The van der Waals surface area contributed by atoms with Crippen molar-refractivity contribution in [2.24, 2.45) is 0 Å². The molecule has 0 saturated heterocycles. The zero-order valence-electron chi connectivity index (χ0n) is 17.6. The highest BCUT2D eigenvalue weighted by molar-refractivity contribution is 7.99. The van der Waals surface area contributed by atoms with Crippen LogP contribution in [0.4, 0.5) is 5.69 Å². The molecule has 1 fully saturated rings. The second-order valence-corrected chi connectivity index (χ2v) is 8.04. The minimum absolute atomic E-state index is 0.143. The van der Waals surface area contributed by atoms with Crippen LogP contribution in [0.25, 0.3) is 5.82 Å². The standard InChI is InChI=1S/C21H22N6O4S/c1-30-15-7-14(8-16(9-15)31-2)24-19(28)11-32-20-10-18(22-12-23-20)27-6-5-17(26-27)21(29)25-13-3-4-13/h5-10,12-13H,3-4,11H2,1-2H3,(H,24,28)(H,25,29). The molecular weight excluding hydrogens is 432 g/mol. The Balaban J connectivity index is 1.36. The lowest BCUT2D eigenvalue weighted by Gasteiger charge is -2.10. The lowest BCUT2D eigenvalue weighted by atomic mass is 10.2. The molecule has 1 aliphatic rings. The number of rotatable bonds is 9. The Morgan fingerprint density at radius 3 is 2.56 bits per heavy atom. The Kier molecular flexibility index (Phi) is 6.55. The maximum atomic E-state index is 12.4. The summed E-state index contributed by atoms with van der Waals surface area (Å²) in [5.41, 5.74) is 0.904. The minimum Gasteiger partial charge on any atom is -0.497 e. The molecule has 2 N–H and O–H groups in total. The molecule has 32 heavy (non-hydrogen) atoms. The van der Waals surface area contributed by atoms with Gasteiger partial charge in [-0.3, -0.25) is 9.59 Å². The molecule has 2 aromatic heterocycles. The number of nitrogens with zero attached hydrogens (tertiary/aromatic N) is 4. The number of anilines is 1. The van der Waals surface area contributed by atoms with E-state index in [1.165, 1.54) is 22.8 Å². The van der Waals surface area contributed by atoms with E-state index < -0.39 is 0 Å². The van der Waals surface area contributed by atoms with Gasteiger partial charge in [-0.2, -0.15) is 5.10 Å². The molecule has 1 saturated carbocycles. The van der Waals surface area contributed by atoms with Crippen molar-refractivity contribution in [3.63, 3.8) is 0 Å². The van der Waals surface area contributed by atoms with E-state index in [2.05, 4.69) is 25.7 Å². The number of nitrogens with one attached hydrogen (secondary N) is 2. The van der Waals surface area contributed by atoms with E-state index in [1.807, 2.05) is 0 Å². The first-order valence-corrected chi connectivity index (χ1v) is 10.9. The molecule has 4 rings (SSSR count). The highest BCUT2D eigenvalue weighted by Crippen LogP contribution is 2.26. The average Bonchev–Trinajstić information content (AvgIpc) is 3.48. The fourth-order valence-electron chi connectivity index (χ4n) is 2.81. The van der Waals surface area contributed by atoms with Gasteiger partial charge in [-0.1, -0.05) is 11.8 Å². The molecule has 0 bridgehead atoms. The van der Waals surface area contributed by atoms with Gasteiger partial charge in [0.25, 0.3) is 5.91 Å². The van der Waals surface area contributed by atoms with Crippen molar-refractivity contribution >= 4 is 29.3 Å². The smallest absolute Gasteiger partial charge is 0.272 e. The number of carbonyl (C=O) groups excluding carboxylic acids is 2. The highest BCUT2D eigenvalue weighted by Gasteiger charge is 2.24. The SMILES string of the molecule is COc1cc(NC(=O)CSc2cc(-n3ccc(C(=O)NC4CC4)n3)ncn2)cc(OC)c1. The molecule has 166 valence electrons. The second-order valence-electron chi connectivity index (χ2n) is 7.05. The van der Waals surface area contributed by atoms with Gasteiger partial charge in [0.2, 0.25) is 5.91 Å². The summed E-state index contributed by atoms with van der Waals surface area (Å²) in [6, 6.07) is 8.76. The van der Waals surface area contributed by atoms with Crippen LogP contribution in [0.15, 0.2) is 47.9 Å². The summed E-state index contributed by atoms with van der Waals surface area (Å²) in [5, 5.41) is 10.6. The largest absolute Gasteiger partial charge is 0.497 e. The summed E-state index contributed by atoms with van der Waals surface area (Å²) in [5.74, 6) is 1.41. The molecule has 0 aliphatic heterocycles.